The predicted molar refractivity (Wildman–Crippen MR) is 74.1 cm³/mol. The quantitative estimate of drug-likeness (QED) is 0.486. The van der Waals surface area contributed by atoms with E-state index in [1.807, 2.05) is 24.3 Å². The van der Waals surface area contributed by atoms with Crippen LogP contribution >= 0.6 is 0 Å². The number of hydrogen-bond donors (Lipinski definition) is 0. The fraction of sp³-hybridized carbons (Fsp3) is 0.125. The summed E-state index contributed by atoms with van der Waals surface area (Å²) in [6.07, 6.45) is 0.655. The summed E-state index contributed by atoms with van der Waals surface area (Å²) in [5.74, 6) is -2.88. The summed E-state index contributed by atoms with van der Waals surface area (Å²) in [4.78, 5) is 23.0. The van der Waals surface area contributed by atoms with Crippen LogP contribution in [-0.2, 0) is 9.53 Å². The number of allylic oxidation sites excluding steroid dienone is 1. The minimum absolute atomic E-state index is 0.0598. The van der Waals surface area contributed by atoms with Crippen molar-refractivity contribution in [3.8, 4) is 0 Å². The third-order valence-electron chi connectivity index (χ3n) is 2.76. The van der Waals surface area contributed by atoms with Crippen LogP contribution in [0.4, 0.5) is 4.39 Å². The number of benzene rings is 2. The van der Waals surface area contributed by atoms with Gasteiger partial charge in [0.05, 0.1) is 6.61 Å². The van der Waals surface area contributed by atoms with Crippen molar-refractivity contribution in [1.29, 1.82) is 0 Å². The first kappa shape index (κ1) is 13.9. The molecule has 3 nitrogen and oxygen atoms in total. The molecule has 20 heavy (non-hydrogen) atoms. The van der Waals surface area contributed by atoms with Gasteiger partial charge in [-0.1, -0.05) is 36.4 Å². The minimum atomic E-state index is -1.19. The molecular weight excluding hydrogens is 259 g/mol. The first-order chi connectivity index (χ1) is 9.61. The van der Waals surface area contributed by atoms with Gasteiger partial charge in [0, 0.05) is 11.6 Å². The molecule has 102 valence electrons. The van der Waals surface area contributed by atoms with Crippen molar-refractivity contribution < 1.29 is 18.7 Å². The number of carbonyl (C=O) groups excluding carboxylic acids is 2. The largest absolute Gasteiger partial charge is 0.461 e. The van der Waals surface area contributed by atoms with E-state index in [4.69, 9.17) is 0 Å². The van der Waals surface area contributed by atoms with Crippen molar-refractivity contribution in [1.82, 2.24) is 0 Å². The first-order valence-electron chi connectivity index (χ1n) is 6.19. The summed E-state index contributed by atoms with van der Waals surface area (Å²) in [6, 6.07) is 12.6. The van der Waals surface area contributed by atoms with Crippen LogP contribution in [0.1, 0.15) is 17.3 Å². The average Bonchev–Trinajstić information content (AvgIpc) is 2.46. The molecule has 0 aliphatic carbocycles. The lowest BCUT2D eigenvalue weighted by Crippen LogP contribution is -2.06. The zero-order valence-electron chi connectivity index (χ0n) is 10.9. The molecule has 0 fully saturated rings. The normalized spacial score (nSPS) is 11.4. The van der Waals surface area contributed by atoms with E-state index in [2.05, 4.69) is 4.74 Å². The Morgan fingerprint density at radius 3 is 2.55 bits per heavy atom. The van der Waals surface area contributed by atoms with Gasteiger partial charge < -0.3 is 4.74 Å². The predicted octanol–water partition coefficient (Wildman–Crippen LogP) is 3.44. The van der Waals surface area contributed by atoms with Crippen LogP contribution < -0.4 is 0 Å². The Kier molecular flexibility index (Phi) is 4.25. The molecule has 0 heterocycles. The highest BCUT2D eigenvalue weighted by Gasteiger charge is 2.13. The van der Waals surface area contributed by atoms with E-state index in [0.717, 1.165) is 10.8 Å². The van der Waals surface area contributed by atoms with Crippen molar-refractivity contribution in [2.24, 2.45) is 0 Å². The van der Waals surface area contributed by atoms with Crippen molar-refractivity contribution in [2.75, 3.05) is 6.61 Å². The highest BCUT2D eigenvalue weighted by atomic mass is 19.1. The summed E-state index contributed by atoms with van der Waals surface area (Å²) < 4.78 is 17.9. The fourth-order valence-corrected chi connectivity index (χ4v) is 1.80. The number of ketones is 1. The molecule has 0 saturated carbocycles. The van der Waals surface area contributed by atoms with Gasteiger partial charge in [0.15, 0.2) is 5.78 Å². The van der Waals surface area contributed by atoms with Gasteiger partial charge in [-0.3, -0.25) is 4.79 Å². The maximum atomic E-state index is 13.4. The Balaban J connectivity index is 2.27. The lowest BCUT2D eigenvalue weighted by atomic mass is 10.0. The van der Waals surface area contributed by atoms with Gasteiger partial charge in [-0.25, -0.2) is 4.79 Å². The van der Waals surface area contributed by atoms with Crippen LogP contribution in [-0.4, -0.2) is 18.4 Å². The highest BCUT2D eigenvalue weighted by molar-refractivity contribution is 6.09. The van der Waals surface area contributed by atoms with Crippen LogP contribution in [0.5, 0.6) is 0 Å². The molecule has 0 N–H and O–H groups in total. The zero-order valence-corrected chi connectivity index (χ0v) is 10.9. The van der Waals surface area contributed by atoms with Crippen LogP contribution in [0.3, 0.4) is 0 Å². The van der Waals surface area contributed by atoms with E-state index in [-0.39, 0.29) is 6.61 Å². The molecule has 2 aromatic rings. The van der Waals surface area contributed by atoms with Crippen molar-refractivity contribution in [3.05, 3.63) is 59.9 Å². The van der Waals surface area contributed by atoms with E-state index in [1.165, 1.54) is 0 Å². The van der Waals surface area contributed by atoms with E-state index >= 15 is 0 Å². The van der Waals surface area contributed by atoms with Crippen molar-refractivity contribution >= 4 is 22.5 Å². The first-order valence-corrected chi connectivity index (χ1v) is 6.19. The topological polar surface area (TPSA) is 43.4 Å². The summed E-state index contributed by atoms with van der Waals surface area (Å²) >= 11 is 0. The molecule has 2 aromatic carbocycles. The van der Waals surface area contributed by atoms with E-state index < -0.39 is 17.6 Å². The van der Waals surface area contributed by atoms with Crippen LogP contribution in [0.15, 0.2) is 54.4 Å². The van der Waals surface area contributed by atoms with Crippen LogP contribution in [0.25, 0.3) is 10.8 Å². The number of fused-ring (bicyclic) bond motifs is 1. The van der Waals surface area contributed by atoms with Crippen molar-refractivity contribution in [2.45, 2.75) is 6.92 Å². The van der Waals surface area contributed by atoms with Gasteiger partial charge in [-0.15, -0.1) is 0 Å². The summed E-state index contributed by atoms with van der Waals surface area (Å²) in [7, 11) is 0. The average molecular weight is 272 g/mol. The molecule has 0 atom stereocenters. The Bertz CT molecular complexity index is 689. The Morgan fingerprint density at radius 1 is 1.15 bits per heavy atom. The van der Waals surface area contributed by atoms with Gasteiger partial charge in [-0.2, -0.15) is 4.39 Å². The summed E-state index contributed by atoms with van der Waals surface area (Å²) in [6.45, 7) is 1.63. The SMILES string of the molecule is CCOC(=O)/C(F)=C/C(=O)c1ccc2ccccc2c1. The molecule has 0 amide bonds. The van der Waals surface area contributed by atoms with E-state index in [0.29, 0.717) is 11.6 Å². The summed E-state index contributed by atoms with van der Waals surface area (Å²) in [5, 5.41) is 1.86. The third kappa shape index (κ3) is 3.09. The minimum Gasteiger partial charge on any atom is -0.461 e. The van der Waals surface area contributed by atoms with Gasteiger partial charge >= 0.3 is 5.97 Å². The molecular formula is C16H13FO3. The molecule has 0 aliphatic heterocycles. The number of hydrogen-bond acceptors (Lipinski definition) is 3. The zero-order chi connectivity index (χ0) is 14.5. The number of halogens is 1. The van der Waals surface area contributed by atoms with E-state index in [9.17, 15) is 14.0 Å². The fourth-order valence-electron chi connectivity index (χ4n) is 1.80. The number of ether oxygens (including phenoxy) is 1. The number of rotatable bonds is 4. The van der Waals surface area contributed by atoms with Gasteiger partial charge in [-0.05, 0) is 23.8 Å². The van der Waals surface area contributed by atoms with Crippen LogP contribution in [0, 0.1) is 0 Å². The number of carbonyl (C=O) groups is 2. The van der Waals surface area contributed by atoms with E-state index in [1.54, 1.807) is 25.1 Å². The number of esters is 1. The second-order valence-electron chi connectivity index (χ2n) is 4.14. The third-order valence-corrected chi connectivity index (χ3v) is 2.76. The molecule has 0 radical (unpaired) electrons. The maximum Gasteiger partial charge on any atom is 0.367 e. The second-order valence-corrected chi connectivity index (χ2v) is 4.14. The molecule has 0 aromatic heterocycles. The van der Waals surface area contributed by atoms with Gasteiger partial charge in [0.1, 0.15) is 0 Å². The van der Waals surface area contributed by atoms with Gasteiger partial charge in [0.2, 0.25) is 5.83 Å². The van der Waals surface area contributed by atoms with Gasteiger partial charge in [0.25, 0.3) is 0 Å². The second kappa shape index (κ2) is 6.10. The molecule has 0 unspecified atom stereocenters. The highest BCUT2D eigenvalue weighted by Crippen LogP contribution is 2.16. The smallest absolute Gasteiger partial charge is 0.367 e. The molecule has 4 heteroatoms. The molecule has 0 saturated heterocycles. The summed E-state index contributed by atoms with van der Waals surface area (Å²) in [5.41, 5.74) is 0.322. The Hall–Kier alpha value is -2.49. The lowest BCUT2D eigenvalue weighted by Gasteiger charge is -2.01. The lowest BCUT2D eigenvalue weighted by molar-refractivity contribution is -0.140. The molecule has 0 bridgehead atoms. The Morgan fingerprint density at radius 2 is 1.85 bits per heavy atom. The molecule has 0 aliphatic rings. The standard InChI is InChI=1S/C16H13FO3/c1-2-20-16(19)14(17)10-15(18)13-8-7-11-5-3-4-6-12(11)9-13/h3-10H,2H2,1H3/b14-10-. The monoisotopic (exact) mass is 272 g/mol. The molecule has 0 spiro atoms. The van der Waals surface area contributed by atoms with Crippen LogP contribution in [0.2, 0.25) is 0 Å². The van der Waals surface area contributed by atoms with Crippen molar-refractivity contribution in [3.63, 3.8) is 0 Å². The maximum absolute atomic E-state index is 13.4. The Labute approximate surface area is 115 Å². The molecule has 2 rings (SSSR count).